The average molecular weight is 627 g/mol. The molecule has 0 aliphatic heterocycles. The first-order valence-electron chi connectivity index (χ1n) is 12.0. The third-order valence-electron chi connectivity index (χ3n) is 6.04. The molecular weight excluding hydrogens is 594 g/mol. The van der Waals surface area contributed by atoms with Crippen LogP contribution in [0.15, 0.2) is 85.5 Å². The molecule has 6 nitrogen and oxygen atoms in total. The number of anilines is 3. The Morgan fingerprint density at radius 3 is 2.32 bits per heavy atom. The van der Waals surface area contributed by atoms with Crippen LogP contribution in [0.5, 0.6) is 0 Å². The van der Waals surface area contributed by atoms with Crippen LogP contribution in [0.25, 0.3) is 10.9 Å². The molecule has 38 heavy (non-hydrogen) atoms. The van der Waals surface area contributed by atoms with Crippen LogP contribution in [0.3, 0.4) is 0 Å². The second kappa shape index (κ2) is 12.7. The number of nitrogens with two attached hydrogens (primary N) is 1. The maximum absolute atomic E-state index is 14.5. The molecule has 2 amide bonds. The van der Waals surface area contributed by atoms with Crippen molar-refractivity contribution < 1.29 is 14.0 Å². The Hall–Kier alpha value is -3.66. The van der Waals surface area contributed by atoms with Gasteiger partial charge in [0.1, 0.15) is 11.5 Å². The zero-order valence-electron chi connectivity index (χ0n) is 21.7. The Morgan fingerprint density at radius 2 is 1.66 bits per heavy atom. The lowest BCUT2D eigenvalue weighted by Gasteiger charge is -2.18. The molecule has 0 unspecified atom stereocenters. The van der Waals surface area contributed by atoms with E-state index < -0.39 is 0 Å². The van der Waals surface area contributed by atoms with Crippen molar-refractivity contribution in [1.29, 1.82) is 0 Å². The van der Waals surface area contributed by atoms with E-state index >= 15 is 0 Å². The van der Waals surface area contributed by atoms with Gasteiger partial charge in [-0.3, -0.25) is 9.59 Å². The van der Waals surface area contributed by atoms with Crippen molar-refractivity contribution in [2.24, 2.45) is 5.41 Å². The minimum Gasteiger partial charge on any atom is -0.399 e. The van der Waals surface area contributed by atoms with Gasteiger partial charge >= 0.3 is 0 Å². The number of allylic oxidation sites excluding steroid dienone is 1. The number of nitrogens with one attached hydrogen (secondary N) is 2. The standard InChI is InChI=1S/C29H29FN4O2.CH3I/c1-4-29(2,3)17-27(35)32-23-13-14-25-20(15-23)16-26(28(36)33-22-11-9-21(31)10-12-22)34(25)18-19-7-5-6-8-24(19)30;1-2/h4-16H,1,17-18,31H2,2-3H3,(H,32,35)(H,33,36);1H3. The van der Waals surface area contributed by atoms with E-state index in [9.17, 15) is 14.0 Å². The van der Waals surface area contributed by atoms with Gasteiger partial charge in [-0.1, -0.05) is 60.7 Å². The lowest BCUT2D eigenvalue weighted by atomic mass is 9.89. The monoisotopic (exact) mass is 626 g/mol. The zero-order valence-corrected chi connectivity index (χ0v) is 23.9. The van der Waals surface area contributed by atoms with Crippen molar-refractivity contribution in [3.05, 3.63) is 103 Å². The predicted octanol–water partition coefficient (Wildman–Crippen LogP) is 7.26. The minimum atomic E-state index is -0.349. The van der Waals surface area contributed by atoms with Crippen molar-refractivity contribution in [2.45, 2.75) is 26.8 Å². The Morgan fingerprint density at radius 1 is 1.00 bits per heavy atom. The molecule has 0 aliphatic carbocycles. The molecule has 4 aromatic rings. The molecule has 4 N–H and O–H groups in total. The number of nitrogen functional groups attached to an aromatic ring is 1. The molecule has 4 rings (SSSR count). The highest BCUT2D eigenvalue weighted by Crippen LogP contribution is 2.27. The zero-order chi connectivity index (χ0) is 27.9. The number of carbonyl (C=O) groups excluding carboxylic acids is 2. The van der Waals surface area contributed by atoms with Crippen LogP contribution < -0.4 is 16.4 Å². The normalized spacial score (nSPS) is 10.9. The molecule has 3 aromatic carbocycles. The van der Waals surface area contributed by atoms with E-state index in [1.54, 1.807) is 65.2 Å². The molecule has 1 aromatic heterocycles. The summed E-state index contributed by atoms with van der Waals surface area (Å²) < 4.78 is 16.3. The van der Waals surface area contributed by atoms with Crippen LogP contribution in [0.1, 0.15) is 36.3 Å². The van der Waals surface area contributed by atoms with Crippen molar-refractivity contribution in [1.82, 2.24) is 4.57 Å². The number of hydrogen-bond donors (Lipinski definition) is 3. The predicted molar refractivity (Wildman–Crippen MR) is 163 cm³/mol. The number of amides is 2. The molecule has 1 heterocycles. The van der Waals surface area contributed by atoms with Gasteiger partial charge < -0.3 is 20.9 Å². The van der Waals surface area contributed by atoms with Crippen molar-refractivity contribution in [3.63, 3.8) is 0 Å². The fraction of sp³-hybridized carbons (Fsp3) is 0.200. The van der Waals surface area contributed by atoms with E-state index in [-0.39, 0.29) is 36.0 Å². The summed E-state index contributed by atoms with van der Waals surface area (Å²) >= 11 is 2.15. The quantitative estimate of drug-likeness (QED) is 0.0833. The van der Waals surface area contributed by atoms with E-state index in [0.717, 1.165) is 10.9 Å². The molecule has 0 atom stereocenters. The highest BCUT2D eigenvalue weighted by Gasteiger charge is 2.20. The lowest BCUT2D eigenvalue weighted by Crippen LogP contribution is -2.20. The second-order valence-electron chi connectivity index (χ2n) is 9.47. The Bertz CT molecular complexity index is 1440. The van der Waals surface area contributed by atoms with E-state index in [1.807, 2.05) is 30.9 Å². The molecular formula is C30H32FIN4O2. The summed E-state index contributed by atoms with van der Waals surface area (Å²) in [5.74, 6) is -0.824. The molecule has 8 heteroatoms. The number of halogens is 2. The molecule has 0 saturated carbocycles. The van der Waals surface area contributed by atoms with E-state index in [2.05, 4.69) is 39.8 Å². The number of carbonyl (C=O) groups is 2. The van der Waals surface area contributed by atoms with Crippen molar-refractivity contribution in [3.8, 4) is 0 Å². The fourth-order valence-electron chi connectivity index (χ4n) is 3.96. The fourth-order valence-corrected chi connectivity index (χ4v) is 3.96. The first-order valence-corrected chi connectivity index (χ1v) is 14.2. The van der Waals surface area contributed by atoms with E-state index in [0.29, 0.717) is 28.3 Å². The summed E-state index contributed by atoms with van der Waals surface area (Å²) in [5, 5.41) is 6.54. The van der Waals surface area contributed by atoms with Crippen molar-refractivity contribution >= 4 is 62.4 Å². The third kappa shape index (κ3) is 7.22. The van der Waals surface area contributed by atoms with E-state index in [4.69, 9.17) is 5.73 Å². The molecule has 0 fully saturated rings. The van der Waals surface area contributed by atoms with Gasteiger partial charge in [-0.2, -0.15) is 0 Å². The second-order valence-corrected chi connectivity index (χ2v) is 9.47. The van der Waals surface area contributed by atoms with Crippen LogP contribution in [0.4, 0.5) is 21.5 Å². The maximum atomic E-state index is 14.5. The number of aromatic nitrogens is 1. The Kier molecular flexibility index (Phi) is 9.68. The molecule has 0 spiro atoms. The SMILES string of the molecule is C=CC(C)(C)CC(=O)Nc1ccc2c(c1)cc(C(=O)Nc1ccc(N)cc1)n2Cc1ccccc1F.CI. The van der Waals surface area contributed by atoms with Gasteiger partial charge in [0.05, 0.1) is 6.54 Å². The summed E-state index contributed by atoms with van der Waals surface area (Å²) in [6.07, 6.45) is 2.04. The van der Waals surface area contributed by atoms with Gasteiger partial charge in [-0.05, 0) is 64.9 Å². The molecule has 0 aliphatic rings. The first kappa shape index (κ1) is 28.9. The molecule has 0 saturated heterocycles. The lowest BCUT2D eigenvalue weighted by molar-refractivity contribution is -0.117. The van der Waals surface area contributed by atoms with Crippen LogP contribution in [-0.2, 0) is 11.3 Å². The van der Waals surface area contributed by atoms with Crippen LogP contribution in [0.2, 0.25) is 0 Å². The molecule has 0 bridgehead atoms. The summed E-state index contributed by atoms with van der Waals surface area (Å²) in [6.45, 7) is 7.83. The highest BCUT2D eigenvalue weighted by atomic mass is 127. The summed E-state index contributed by atoms with van der Waals surface area (Å²) in [4.78, 5) is 27.8. The van der Waals surface area contributed by atoms with Crippen LogP contribution in [-0.4, -0.2) is 21.3 Å². The van der Waals surface area contributed by atoms with Crippen molar-refractivity contribution in [2.75, 3.05) is 21.3 Å². The number of rotatable bonds is 8. The summed E-state index contributed by atoms with van der Waals surface area (Å²) in [6, 6.07) is 20.5. The maximum Gasteiger partial charge on any atom is 0.272 e. The van der Waals surface area contributed by atoms with Gasteiger partial charge in [0.25, 0.3) is 5.91 Å². The molecule has 198 valence electrons. The number of fused-ring (bicyclic) bond motifs is 1. The largest absolute Gasteiger partial charge is 0.399 e. The number of hydrogen-bond acceptors (Lipinski definition) is 3. The topological polar surface area (TPSA) is 89.2 Å². The van der Waals surface area contributed by atoms with Crippen LogP contribution in [0, 0.1) is 11.2 Å². The number of nitrogens with zero attached hydrogens (tertiary/aromatic N) is 1. The minimum absolute atomic E-state index is 0.133. The van der Waals surface area contributed by atoms with Gasteiger partial charge in [-0.15, -0.1) is 6.58 Å². The average Bonchev–Trinajstić information content (AvgIpc) is 3.25. The van der Waals surface area contributed by atoms with Gasteiger partial charge in [-0.25, -0.2) is 4.39 Å². The van der Waals surface area contributed by atoms with Gasteiger partial charge in [0.2, 0.25) is 5.91 Å². The summed E-state index contributed by atoms with van der Waals surface area (Å²) in [7, 11) is 0. The highest BCUT2D eigenvalue weighted by molar-refractivity contribution is 14.1. The summed E-state index contributed by atoms with van der Waals surface area (Å²) in [5.41, 5.74) is 8.77. The molecule has 0 radical (unpaired) electrons. The first-order chi connectivity index (χ1) is 18.1. The van der Waals surface area contributed by atoms with Gasteiger partial charge in [0, 0.05) is 39.9 Å². The van der Waals surface area contributed by atoms with Crippen LogP contribution >= 0.6 is 22.6 Å². The Labute approximate surface area is 236 Å². The van der Waals surface area contributed by atoms with Gasteiger partial charge in [0.15, 0.2) is 0 Å². The third-order valence-corrected chi connectivity index (χ3v) is 6.04. The number of benzene rings is 3. The van der Waals surface area contributed by atoms with E-state index in [1.165, 1.54) is 6.07 Å². The Balaban J connectivity index is 0.00000195. The smallest absolute Gasteiger partial charge is 0.272 e. The number of alkyl halides is 1.